The molecule has 0 atom stereocenters. The number of halogens is 1. The predicted octanol–water partition coefficient (Wildman–Crippen LogP) is 3.26. The molecule has 0 fully saturated rings. The molecule has 1 aromatic heterocycles. The molecule has 0 saturated heterocycles. The molecule has 0 aliphatic heterocycles. The van der Waals surface area contributed by atoms with Crippen LogP contribution in [0.4, 0.5) is 5.95 Å². The van der Waals surface area contributed by atoms with Crippen LogP contribution in [0, 0.1) is 0 Å². The first-order chi connectivity index (χ1) is 7.85. The molecule has 0 aliphatic carbocycles. The lowest BCUT2D eigenvalue weighted by molar-refractivity contribution is 0.763. The van der Waals surface area contributed by atoms with Gasteiger partial charge in [-0.15, -0.1) is 0 Å². The summed E-state index contributed by atoms with van der Waals surface area (Å²) < 4.78 is 0.0607. The van der Waals surface area contributed by atoms with Gasteiger partial charge in [0.2, 0.25) is 11.2 Å². The molecular weight excluding hydrogens is 256 g/mol. The van der Waals surface area contributed by atoms with Crippen LogP contribution in [0.5, 0.6) is 0 Å². The minimum Gasteiger partial charge on any atom is -0.341 e. The first-order valence-corrected chi connectivity index (χ1v) is 6.90. The molecule has 0 aromatic carbocycles. The molecular formula is C11H19ClN4S. The van der Waals surface area contributed by atoms with Crippen LogP contribution >= 0.6 is 23.4 Å². The summed E-state index contributed by atoms with van der Waals surface area (Å²) in [6, 6.07) is 0. The summed E-state index contributed by atoms with van der Waals surface area (Å²) in [4.78, 5) is 14.8. The van der Waals surface area contributed by atoms with E-state index in [9.17, 15) is 0 Å². The summed E-state index contributed by atoms with van der Waals surface area (Å²) in [7, 11) is 0. The van der Waals surface area contributed by atoms with E-state index in [1.807, 2.05) is 0 Å². The van der Waals surface area contributed by atoms with E-state index in [2.05, 4.69) is 54.5 Å². The van der Waals surface area contributed by atoms with Gasteiger partial charge in [0.25, 0.3) is 0 Å². The van der Waals surface area contributed by atoms with E-state index in [-0.39, 0.29) is 10.0 Å². The zero-order valence-corrected chi connectivity index (χ0v) is 12.6. The Morgan fingerprint density at radius 3 is 2.18 bits per heavy atom. The molecule has 6 heteroatoms. The predicted molar refractivity (Wildman–Crippen MR) is 74.0 cm³/mol. The van der Waals surface area contributed by atoms with E-state index in [0.717, 1.165) is 13.1 Å². The fourth-order valence-electron chi connectivity index (χ4n) is 1.29. The van der Waals surface area contributed by atoms with Gasteiger partial charge >= 0.3 is 0 Å². The molecule has 0 saturated carbocycles. The molecule has 0 amide bonds. The molecule has 0 unspecified atom stereocenters. The van der Waals surface area contributed by atoms with E-state index < -0.39 is 0 Å². The van der Waals surface area contributed by atoms with Crippen LogP contribution in [0.3, 0.4) is 0 Å². The molecule has 0 radical (unpaired) electrons. The number of hydrogen-bond donors (Lipinski definition) is 0. The van der Waals surface area contributed by atoms with Crippen LogP contribution in [0.25, 0.3) is 0 Å². The van der Waals surface area contributed by atoms with Crippen LogP contribution in [-0.2, 0) is 0 Å². The summed E-state index contributed by atoms with van der Waals surface area (Å²) in [5, 5.41) is 0.938. The van der Waals surface area contributed by atoms with Crippen LogP contribution in [0.1, 0.15) is 34.6 Å². The topological polar surface area (TPSA) is 41.9 Å². The third-order valence-corrected chi connectivity index (χ3v) is 3.17. The second-order valence-electron chi connectivity index (χ2n) is 4.57. The van der Waals surface area contributed by atoms with Crippen LogP contribution in [0.2, 0.25) is 5.28 Å². The largest absolute Gasteiger partial charge is 0.341 e. The van der Waals surface area contributed by atoms with Gasteiger partial charge in [-0.2, -0.15) is 15.0 Å². The maximum absolute atomic E-state index is 5.93. The molecule has 0 bridgehead atoms. The number of nitrogens with zero attached hydrogens (tertiary/aromatic N) is 4. The quantitative estimate of drug-likeness (QED) is 0.789. The van der Waals surface area contributed by atoms with Crippen molar-refractivity contribution in [1.82, 2.24) is 15.0 Å². The lowest BCUT2D eigenvalue weighted by Crippen LogP contribution is -2.25. The summed E-state index contributed by atoms with van der Waals surface area (Å²) in [5.41, 5.74) is 0. The first-order valence-electron chi connectivity index (χ1n) is 5.71. The summed E-state index contributed by atoms with van der Waals surface area (Å²) in [5.74, 6) is 0.654. The van der Waals surface area contributed by atoms with Gasteiger partial charge in [-0.05, 0) is 25.4 Å². The molecule has 0 N–H and O–H groups in total. The van der Waals surface area contributed by atoms with Gasteiger partial charge in [-0.1, -0.05) is 32.5 Å². The van der Waals surface area contributed by atoms with Crippen LogP contribution in [0.15, 0.2) is 5.16 Å². The lowest BCUT2D eigenvalue weighted by Gasteiger charge is -2.20. The Morgan fingerprint density at radius 1 is 1.12 bits per heavy atom. The van der Waals surface area contributed by atoms with Gasteiger partial charge in [0.1, 0.15) is 0 Å². The maximum atomic E-state index is 5.93. The third-order valence-electron chi connectivity index (χ3n) is 2.02. The van der Waals surface area contributed by atoms with Crippen molar-refractivity contribution < 1.29 is 0 Å². The zero-order valence-electron chi connectivity index (χ0n) is 11.0. The van der Waals surface area contributed by atoms with Gasteiger partial charge in [-0.25, -0.2) is 0 Å². The SMILES string of the molecule is CCN(CC)c1nc(Cl)nc(SC(C)(C)C)n1. The highest BCUT2D eigenvalue weighted by Crippen LogP contribution is 2.30. The van der Waals surface area contributed by atoms with E-state index in [0.29, 0.717) is 11.1 Å². The minimum absolute atomic E-state index is 0.0607. The normalized spacial score (nSPS) is 11.6. The molecule has 1 rings (SSSR count). The Morgan fingerprint density at radius 2 is 1.71 bits per heavy atom. The van der Waals surface area contributed by atoms with Crippen LogP contribution < -0.4 is 4.90 Å². The summed E-state index contributed by atoms with van der Waals surface area (Å²) in [6.07, 6.45) is 0. The smallest absolute Gasteiger partial charge is 0.230 e. The van der Waals surface area contributed by atoms with E-state index in [1.165, 1.54) is 0 Å². The first kappa shape index (κ1) is 14.5. The van der Waals surface area contributed by atoms with Crippen molar-refractivity contribution in [1.29, 1.82) is 0 Å². The Kier molecular flexibility index (Phi) is 5.01. The van der Waals surface area contributed by atoms with Crippen molar-refractivity contribution in [2.24, 2.45) is 0 Å². The Bertz CT molecular complexity index is 374. The number of hydrogen-bond acceptors (Lipinski definition) is 5. The molecule has 0 spiro atoms. The average Bonchev–Trinajstić information content (AvgIpc) is 2.15. The highest BCUT2D eigenvalue weighted by Gasteiger charge is 2.17. The second-order valence-corrected chi connectivity index (χ2v) is 6.71. The highest BCUT2D eigenvalue weighted by atomic mass is 35.5. The third kappa shape index (κ3) is 4.68. The Hall–Kier alpha value is -0.550. The van der Waals surface area contributed by atoms with Gasteiger partial charge in [0, 0.05) is 17.8 Å². The minimum atomic E-state index is 0.0607. The number of aromatic nitrogens is 3. The van der Waals surface area contributed by atoms with Crippen molar-refractivity contribution in [3.8, 4) is 0 Å². The molecule has 1 heterocycles. The van der Waals surface area contributed by atoms with Gasteiger partial charge < -0.3 is 4.90 Å². The lowest BCUT2D eigenvalue weighted by atomic mass is 10.3. The Labute approximate surface area is 112 Å². The standard InChI is InChI=1S/C11H19ClN4S/c1-6-16(7-2)9-13-8(12)14-10(15-9)17-11(3,4)5/h6-7H2,1-5H3. The maximum Gasteiger partial charge on any atom is 0.230 e. The van der Waals surface area contributed by atoms with Crippen molar-refractivity contribution in [2.45, 2.75) is 44.5 Å². The van der Waals surface area contributed by atoms with Crippen molar-refractivity contribution in [3.63, 3.8) is 0 Å². The van der Waals surface area contributed by atoms with E-state index >= 15 is 0 Å². The zero-order chi connectivity index (χ0) is 13.1. The van der Waals surface area contributed by atoms with Crippen LogP contribution in [-0.4, -0.2) is 32.8 Å². The number of anilines is 1. The van der Waals surface area contributed by atoms with Crippen molar-refractivity contribution >= 4 is 29.3 Å². The molecule has 17 heavy (non-hydrogen) atoms. The monoisotopic (exact) mass is 274 g/mol. The van der Waals surface area contributed by atoms with E-state index in [4.69, 9.17) is 11.6 Å². The molecule has 4 nitrogen and oxygen atoms in total. The Balaban J connectivity index is 3.01. The fourth-order valence-corrected chi connectivity index (χ4v) is 2.30. The highest BCUT2D eigenvalue weighted by molar-refractivity contribution is 8.00. The van der Waals surface area contributed by atoms with Gasteiger partial charge in [-0.3, -0.25) is 0 Å². The summed E-state index contributed by atoms with van der Waals surface area (Å²) in [6.45, 7) is 12.2. The van der Waals surface area contributed by atoms with E-state index in [1.54, 1.807) is 11.8 Å². The number of thioether (sulfide) groups is 1. The van der Waals surface area contributed by atoms with Crippen molar-refractivity contribution in [2.75, 3.05) is 18.0 Å². The van der Waals surface area contributed by atoms with Gasteiger partial charge in [0.05, 0.1) is 0 Å². The van der Waals surface area contributed by atoms with Crippen molar-refractivity contribution in [3.05, 3.63) is 5.28 Å². The molecule has 96 valence electrons. The van der Waals surface area contributed by atoms with Gasteiger partial charge in [0.15, 0.2) is 5.16 Å². The fraction of sp³-hybridized carbons (Fsp3) is 0.727. The molecule has 0 aliphatic rings. The average molecular weight is 275 g/mol. The second kappa shape index (κ2) is 5.87. The summed E-state index contributed by atoms with van der Waals surface area (Å²) >= 11 is 7.53. The number of rotatable bonds is 4. The molecule has 1 aromatic rings.